The van der Waals surface area contributed by atoms with Crippen molar-refractivity contribution in [3.8, 4) is 0 Å². The third-order valence-corrected chi connectivity index (χ3v) is 4.71. The highest BCUT2D eigenvalue weighted by Gasteiger charge is 2.42. The molecule has 0 bridgehead atoms. The van der Waals surface area contributed by atoms with Crippen molar-refractivity contribution in [1.29, 1.82) is 0 Å². The van der Waals surface area contributed by atoms with Crippen LogP contribution in [0.15, 0.2) is 11.6 Å². The predicted octanol–water partition coefficient (Wildman–Crippen LogP) is 3.37. The van der Waals surface area contributed by atoms with Crippen LogP contribution in [0, 0.1) is 5.92 Å². The van der Waals surface area contributed by atoms with Crippen LogP contribution in [0.4, 0.5) is 0 Å². The first-order valence-electron chi connectivity index (χ1n) is 7.40. The first kappa shape index (κ1) is 14.4. The summed E-state index contributed by atoms with van der Waals surface area (Å²) in [5.74, 6) is 0.769. The second kappa shape index (κ2) is 6.40. The van der Waals surface area contributed by atoms with E-state index in [0.717, 1.165) is 12.5 Å². The maximum Gasteiger partial charge on any atom is 0.0338 e. The lowest BCUT2D eigenvalue weighted by molar-refractivity contribution is 0.0495. The molecule has 18 heavy (non-hydrogen) atoms. The molecule has 3 heteroatoms. The number of piperazine rings is 1. The number of rotatable bonds is 4. The van der Waals surface area contributed by atoms with Gasteiger partial charge < -0.3 is 5.32 Å². The summed E-state index contributed by atoms with van der Waals surface area (Å²) < 4.78 is 0. The fourth-order valence-electron chi connectivity index (χ4n) is 3.66. The Balaban J connectivity index is 2.00. The van der Waals surface area contributed by atoms with E-state index in [2.05, 4.69) is 30.1 Å². The van der Waals surface area contributed by atoms with Crippen LogP contribution >= 0.6 is 11.6 Å². The zero-order valence-corrected chi connectivity index (χ0v) is 12.5. The molecule has 0 aromatic heterocycles. The monoisotopic (exact) mass is 270 g/mol. The lowest BCUT2D eigenvalue weighted by atomic mass is 9.89. The molecule has 2 fully saturated rings. The molecule has 1 heterocycles. The molecule has 1 saturated carbocycles. The minimum absolute atomic E-state index is 0.421. The van der Waals surface area contributed by atoms with Crippen LogP contribution in [0.3, 0.4) is 0 Å². The van der Waals surface area contributed by atoms with E-state index in [-0.39, 0.29) is 0 Å². The molecule has 104 valence electrons. The molecule has 1 N–H and O–H groups in total. The van der Waals surface area contributed by atoms with E-state index in [1.54, 1.807) is 5.54 Å². The fraction of sp³-hybridized carbons (Fsp3) is 0.867. The molecule has 1 unspecified atom stereocenters. The van der Waals surface area contributed by atoms with E-state index in [0.29, 0.717) is 11.6 Å². The van der Waals surface area contributed by atoms with Gasteiger partial charge in [0.05, 0.1) is 0 Å². The van der Waals surface area contributed by atoms with Crippen molar-refractivity contribution in [3.63, 3.8) is 0 Å². The van der Waals surface area contributed by atoms with Crippen molar-refractivity contribution in [2.45, 2.75) is 57.5 Å². The third kappa shape index (κ3) is 3.28. The molecule has 2 nitrogen and oxygen atoms in total. The molecular weight excluding hydrogens is 244 g/mol. The van der Waals surface area contributed by atoms with Crippen LogP contribution in [-0.2, 0) is 0 Å². The summed E-state index contributed by atoms with van der Waals surface area (Å²) in [5, 5.41) is 3.79. The van der Waals surface area contributed by atoms with E-state index >= 15 is 0 Å². The summed E-state index contributed by atoms with van der Waals surface area (Å²) in [6.07, 6.45) is 8.85. The Labute approximate surface area is 117 Å². The van der Waals surface area contributed by atoms with E-state index in [9.17, 15) is 0 Å². The molecule has 2 aliphatic rings. The van der Waals surface area contributed by atoms with Crippen LogP contribution < -0.4 is 5.32 Å². The van der Waals surface area contributed by atoms with Crippen LogP contribution in [0.5, 0.6) is 0 Å². The number of halogens is 1. The van der Waals surface area contributed by atoms with Gasteiger partial charge in [-0.1, -0.05) is 44.4 Å². The summed E-state index contributed by atoms with van der Waals surface area (Å²) in [6, 6.07) is 0.653. The van der Waals surface area contributed by atoms with Gasteiger partial charge in [0.2, 0.25) is 0 Å². The highest BCUT2D eigenvalue weighted by Crippen LogP contribution is 2.37. The first-order valence-corrected chi connectivity index (χ1v) is 7.83. The Morgan fingerprint density at radius 1 is 1.39 bits per heavy atom. The molecule has 0 amide bonds. The Morgan fingerprint density at radius 3 is 2.72 bits per heavy atom. The van der Waals surface area contributed by atoms with E-state index in [1.807, 2.05) is 0 Å². The number of nitrogens with one attached hydrogen (secondary N) is 1. The van der Waals surface area contributed by atoms with E-state index < -0.39 is 0 Å². The van der Waals surface area contributed by atoms with Crippen LogP contribution in [-0.4, -0.2) is 36.1 Å². The molecule has 0 aromatic carbocycles. The number of nitrogens with zero attached hydrogens (tertiary/aromatic N) is 1. The second-order valence-corrected chi connectivity index (χ2v) is 6.66. The van der Waals surface area contributed by atoms with Gasteiger partial charge in [-0.2, -0.15) is 0 Å². The summed E-state index contributed by atoms with van der Waals surface area (Å²) in [6.45, 7) is 7.98. The maximum atomic E-state index is 5.71. The summed E-state index contributed by atoms with van der Waals surface area (Å²) >= 11 is 5.71. The highest BCUT2D eigenvalue weighted by molar-refractivity contribution is 6.25. The molecule has 1 atom stereocenters. The van der Waals surface area contributed by atoms with Gasteiger partial charge in [-0.25, -0.2) is 0 Å². The fourth-order valence-corrected chi connectivity index (χ4v) is 3.74. The van der Waals surface area contributed by atoms with Crippen molar-refractivity contribution in [2.75, 3.05) is 19.6 Å². The van der Waals surface area contributed by atoms with Gasteiger partial charge in [-0.15, -0.1) is 0 Å². The molecule has 0 aromatic rings. The second-order valence-electron chi connectivity index (χ2n) is 6.41. The maximum absolute atomic E-state index is 5.71. The van der Waals surface area contributed by atoms with Gasteiger partial charge in [0.15, 0.2) is 0 Å². The largest absolute Gasteiger partial charge is 0.311 e. The lowest BCUT2D eigenvalue weighted by Gasteiger charge is -2.48. The smallest absolute Gasteiger partial charge is 0.0338 e. The topological polar surface area (TPSA) is 15.3 Å². The molecule has 1 spiro atoms. The quantitative estimate of drug-likeness (QED) is 0.843. The van der Waals surface area contributed by atoms with Gasteiger partial charge in [0.1, 0.15) is 0 Å². The minimum atomic E-state index is 0.421. The normalized spacial score (nSPS) is 28.8. The Bertz CT molecular complexity index is 282. The summed E-state index contributed by atoms with van der Waals surface area (Å²) in [7, 11) is 0. The predicted molar refractivity (Wildman–Crippen MR) is 79.0 cm³/mol. The molecule has 1 aliphatic heterocycles. The average molecular weight is 271 g/mol. The minimum Gasteiger partial charge on any atom is -0.311 e. The van der Waals surface area contributed by atoms with Crippen molar-refractivity contribution in [1.82, 2.24) is 10.2 Å². The lowest BCUT2D eigenvalue weighted by Crippen LogP contribution is -2.63. The zero-order chi connectivity index (χ0) is 13.0. The zero-order valence-electron chi connectivity index (χ0n) is 11.8. The van der Waals surface area contributed by atoms with Gasteiger partial charge in [0, 0.05) is 36.8 Å². The molecular formula is C15H27ClN2. The first-order chi connectivity index (χ1) is 8.66. The van der Waals surface area contributed by atoms with Crippen LogP contribution in [0.1, 0.15) is 46.0 Å². The molecule has 1 aliphatic carbocycles. The van der Waals surface area contributed by atoms with E-state index in [4.69, 9.17) is 11.6 Å². The third-order valence-electron chi connectivity index (χ3n) is 4.54. The standard InChI is InChI=1S/C15H27ClN2/c1-13(2)10-14-11-18(9-5-8-16)15(12-17-14)6-3-4-7-15/h5,8,13-14,17H,3-4,6-7,9-12H2,1-2H3/b8-5+. The van der Waals surface area contributed by atoms with Crippen LogP contribution in [0.2, 0.25) is 0 Å². The number of hydrogen-bond donors (Lipinski definition) is 1. The van der Waals surface area contributed by atoms with Gasteiger partial charge >= 0.3 is 0 Å². The highest BCUT2D eigenvalue weighted by atomic mass is 35.5. The summed E-state index contributed by atoms with van der Waals surface area (Å²) in [5.41, 5.74) is 2.09. The molecule has 2 rings (SSSR count). The van der Waals surface area contributed by atoms with Gasteiger partial charge in [-0.3, -0.25) is 4.90 Å². The van der Waals surface area contributed by atoms with Crippen LogP contribution in [0.25, 0.3) is 0 Å². The van der Waals surface area contributed by atoms with Crippen molar-refractivity contribution in [2.24, 2.45) is 5.92 Å². The SMILES string of the molecule is CC(C)CC1CN(C/C=C/Cl)C2(CCCC2)CN1. The Morgan fingerprint density at radius 2 is 2.11 bits per heavy atom. The van der Waals surface area contributed by atoms with E-state index in [1.165, 1.54) is 45.2 Å². The molecule has 0 radical (unpaired) electrons. The van der Waals surface area contributed by atoms with Crippen molar-refractivity contribution >= 4 is 11.6 Å². The van der Waals surface area contributed by atoms with Crippen molar-refractivity contribution < 1.29 is 0 Å². The van der Waals surface area contributed by atoms with Crippen molar-refractivity contribution in [3.05, 3.63) is 11.6 Å². The van der Waals surface area contributed by atoms with Gasteiger partial charge in [-0.05, 0) is 25.2 Å². The van der Waals surface area contributed by atoms with Gasteiger partial charge in [0.25, 0.3) is 0 Å². The Hall–Kier alpha value is -0.0500. The average Bonchev–Trinajstić information content (AvgIpc) is 2.79. The summed E-state index contributed by atoms with van der Waals surface area (Å²) in [4.78, 5) is 2.68. The number of hydrogen-bond acceptors (Lipinski definition) is 2. The molecule has 1 saturated heterocycles. The Kier molecular flexibility index (Phi) is 5.11.